The Hall–Kier alpha value is -2.80. The summed E-state index contributed by atoms with van der Waals surface area (Å²) in [5.74, 6) is 0.548. The predicted molar refractivity (Wildman–Crippen MR) is 141 cm³/mol. The van der Waals surface area contributed by atoms with Crippen molar-refractivity contribution in [3.8, 4) is 5.75 Å². The van der Waals surface area contributed by atoms with Crippen molar-refractivity contribution in [1.82, 2.24) is 4.72 Å². The van der Waals surface area contributed by atoms with Crippen LogP contribution in [0.15, 0.2) is 101 Å². The Morgan fingerprint density at radius 2 is 1.50 bits per heavy atom. The molecule has 0 fully saturated rings. The van der Waals surface area contributed by atoms with Crippen molar-refractivity contribution < 1.29 is 13.2 Å². The highest BCUT2D eigenvalue weighted by molar-refractivity contribution is 7.86. The molecular weight excluding hydrogens is 462 g/mol. The third-order valence-electron chi connectivity index (χ3n) is 6.31. The minimum absolute atomic E-state index is 0.387. The maximum Gasteiger partial charge on any atom is 0.137 e. The summed E-state index contributed by atoms with van der Waals surface area (Å²) in [6, 6.07) is 29.1. The van der Waals surface area contributed by atoms with E-state index in [-0.39, 0.29) is 5.25 Å². The van der Waals surface area contributed by atoms with Gasteiger partial charge in [-0.05, 0) is 49.9 Å². The van der Waals surface area contributed by atoms with E-state index in [4.69, 9.17) is 4.74 Å². The lowest BCUT2D eigenvalue weighted by molar-refractivity contribution is 0.402. The van der Waals surface area contributed by atoms with Gasteiger partial charge in [-0.2, -0.15) is 0 Å². The zero-order chi connectivity index (χ0) is 24.3. The van der Waals surface area contributed by atoms with Gasteiger partial charge in [-0.15, -0.1) is 0 Å². The third kappa shape index (κ3) is 4.71. The lowest BCUT2D eigenvalue weighted by Gasteiger charge is -2.36. The Labute approximate surface area is 206 Å². The summed E-state index contributed by atoms with van der Waals surface area (Å²) in [6.07, 6.45) is 0. The van der Waals surface area contributed by atoms with Crippen molar-refractivity contribution in [3.05, 3.63) is 102 Å². The highest BCUT2D eigenvalue weighted by Gasteiger charge is 2.39. The van der Waals surface area contributed by atoms with E-state index in [1.807, 2.05) is 112 Å². The molecule has 0 saturated heterocycles. The molecule has 0 aliphatic carbocycles. The van der Waals surface area contributed by atoms with E-state index in [9.17, 15) is 8.42 Å². The quantitative estimate of drug-likeness (QED) is 0.335. The van der Waals surface area contributed by atoms with Crippen LogP contribution in [0, 0.1) is 6.92 Å². The first-order chi connectivity index (χ1) is 16.3. The lowest BCUT2D eigenvalue weighted by Crippen LogP contribution is -2.50. The van der Waals surface area contributed by atoms with Crippen LogP contribution in [-0.2, 0) is 27.3 Å². The maximum atomic E-state index is 14.0. The van der Waals surface area contributed by atoms with Crippen LogP contribution in [0.25, 0.3) is 10.8 Å². The summed E-state index contributed by atoms with van der Waals surface area (Å²) < 4.78 is 36.6. The van der Waals surface area contributed by atoms with Crippen LogP contribution >= 0.6 is 0 Å². The molecule has 4 atom stereocenters. The van der Waals surface area contributed by atoms with Gasteiger partial charge in [0, 0.05) is 10.3 Å². The zero-order valence-corrected chi connectivity index (χ0v) is 21.4. The van der Waals surface area contributed by atoms with Gasteiger partial charge in [0.05, 0.1) is 28.7 Å². The van der Waals surface area contributed by atoms with Crippen molar-refractivity contribution in [1.29, 1.82) is 0 Å². The van der Waals surface area contributed by atoms with Gasteiger partial charge in [0.15, 0.2) is 0 Å². The first kappa shape index (κ1) is 24.3. The Morgan fingerprint density at radius 1 is 0.853 bits per heavy atom. The Kier molecular flexibility index (Phi) is 7.31. The molecule has 0 heterocycles. The molecule has 4 nitrogen and oxygen atoms in total. The van der Waals surface area contributed by atoms with Crippen LogP contribution in [0.3, 0.4) is 0 Å². The molecular formula is C28H29NO3S2. The Bertz CT molecular complexity index is 1340. The fourth-order valence-corrected chi connectivity index (χ4v) is 7.08. The molecule has 1 N–H and O–H groups in total. The van der Waals surface area contributed by atoms with Crippen LogP contribution in [0.4, 0.5) is 0 Å². The predicted octanol–water partition coefficient (Wildman–Crippen LogP) is 5.88. The number of ether oxygens (including phenoxy) is 1. The minimum atomic E-state index is -1.65. The SMILES string of the molecule is COc1ccc2ccccc2c1S(=O)N[C@@](C)(c1ccccc1)[C@H](C)S(=O)c1ccc(C)cc1. The van der Waals surface area contributed by atoms with Crippen LogP contribution < -0.4 is 9.46 Å². The molecule has 2 unspecified atom stereocenters. The first-order valence-electron chi connectivity index (χ1n) is 11.1. The van der Waals surface area contributed by atoms with Crippen molar-refractivity contribution in [2.75, 3.05) is 7.11 Å². The number of methoxy groups -OCH3 is 1. The van der Waals surface area contributed by atoms with Crippen molar-refractivity contribution in [2.45, 2.75) is 41.4 Å². The molecule has 4 aromatic rings. The number of hydrogen-bond acceptors (Lipinski definition) is 3. The van der Waals surface area contributed by atoms with E-state index < -0.39 is 27.3 Å². The van der Waals surface area contributed by atoms with E-state index in [0.717, 1.165) is 26.8 Å². The summed E-state index contributed by atoms with van der Waals surface area (Å²) in [7, 11) is -1.41. The van der Waals surface area contributed by atoms with E-state index in [0.29, 0.717) is 10.6 Å². The summed E-state index contributed by atoms with van der Waals surface area (Å²) in [5, 5.41) is 1.45. The van der Waals surface area contributed by atoms with Gasteiger partial charge in [-0.1, -0.05) is 78.4 Å². The van der Waals surface area contributed by atoms with Crippen molar-refractivity contribution in [3.63, 3.8) is 0 Å². The zero-order valence-electron chi connectivity index (χ0n) is 19.8. The van der Waals surface area contributed by atoms with Crippen LogP contribution in [0.5, 0.6) is 5.75 Å². The van der Waals surface area contributed by atoms with Gasteiger partial charge >= 0.3 is 0 Å². The molecule has 0 bridgehead atoms. The number of benzene rings is 4. The molecule has 0 aliphatic heterocycles. The topological polar surface area (TPSA) is 55.4 Å². The van der Waals surface area contributed by atoms with Gasteiger partial charge in [-0.3, -0.25) is 4.21 Å². The fraction of sp³-hybridized carbons (Fsp3) is 0.214. The second-order valence-corrected chi connectivity index (χ2v) is 11.4. The molecule has 0 radical (unpaired) electrons. The van der Waals surface area contributed by atoms with E-state index in [1.165, 1.54) is 0 Å². The standard InChI is InChI=1S/C28H29NO3S2/c1-20-14-17-24(18-15-20)33(30)21(2)28(3,23-11-6-5-7-12-23)29-34(31)27-25-13-9-8-10-22(25)16-19-26(27)32-4/h5-19,21,29H,1-4H3/t21-,28+,33?,34?/m0/s1. The lowest BCUT2D eigenvalue weighted by atomic mass is 9.90. The molecule has 4 aromatic carbocycles. The van der Waals surface area contributed by atoms with Crippen LogP contribution in [0.1, 0.15) is 25.0 Å². The maximum absolute atomic E-state index is 14.0. The average Bonchev–Trinajstić information content (AvgIpc) is 2.87. The number of hydrogen-bond donors (Lipinski definition) is 1. The smallest absolute Gasteiger partial charge is 0.137 e. The summed E-state index contributed by atoms with van der Waals surface area (Å²) in [6.45, 7) is 5.91. The number of fused-ring (bicyclic) bond motifs is 1. The van der Waals surface area contributed by atoms with Gasteiger partial charge in [0.1, 0.15) is 21.6 Å². The van der Waals surface area contributed by atoms with Gasteiger partial charge in [0.25, 0.3) is 0 Å². The average molecular weight is 492 g/mol. The second-order valence-electron chi connectivity index (χ2n) is 8.51. The number of nitrogens with one attached hydrogen (secondary N) is 1. The molecule has 0 spiro atoms. The number of rotatable bonds is 8. The number of aryl methyl sites for hydroxylation is 1. The molecule has 34 heavy (non-hydrogen) atoms. The largest absolute Gasteiger partial charge is 0.495 e. The molecule has 0 aromatic heterocycles. The van der Waals surface area contributed by atoms with Gasteiger partial charge in [-0.25, -0.2) is 8.93 Å². The van der Waals surface area contributed by atoms with Gasteiger partial charge < -0.3 is 4.74 Å². The van der Waals surface area contributed by atoms with Gasteiger partial charge in [0.2, 0.25) is 0 Å². The minimum Gasteiger partial charge on any atom is -0.495 e. The highest BCUT2D eigenvalue weighted by Crippen LogP contribution is 2.35. The van der Waals surface area contributed by atoms with E-state index in [2.05, 4.69) is 4.72 Å². The molecule has 0 amide bonds. The first-order valence-corrected chi connectivity index (χ1v) is 13.5. The highest BCUT2D eigenvalue weighted by atomic mass is 32.2. The van der Waals surface area contributed by atoms with Crippen molar-refractivity contribution >= 4 is 32.6 Å². The molecule has 4 rings (SSSR count). The Morgan fingerprint density at radius 3 is 2.18 bits per heavy atom. The van der Waals surface area contributed by atoms with Crippen molar-refractivity contribution in [2.24, 2.45) is 0 Å². The van der Waals surface area contributed by atoms with Crippen LogP contribution in [0.2, 0.25) is 0 Å². The Balaban J connectivity index is 1.79. The molecule has 0 saturated carbocycles. The third-order valence-corrected chi connectivity index (χ3v) is 9.57. The monoisotopic (exact) mass is 491 g/mol. The van der Waals surface area contributed by atoms with E-state index in [1.54, 1.807) is 7.11 Å². The molecule has 0 aliphatic rings. The molecule has 6 heteroatoms. The van der Waals surface area contributed by atoms with Crippen LogP contribution in [-0.4, -0.2) is 20.8 Å². The summed E-state index contributed by atoms with van der Waals surface area (Å²) in [5.41, 5.74) is 1.17. The van der Waals surface area contributed by atoms with E-state index >= 15 is 0 Å². The molecule has 176 valence electrons. The fourth-order valence-electron chi connectivity index (χ4n) is 4.07. The summed E-state index contributed by atoms with van der Waals surface area (Å²) >= 11 is 0. The normalized spacial score (nSPS) is 15.9. The second kappa shape index (κ2) is 10.2. The summed E-state index contributed by atoms with van der Waals surface area (Å²) in [4.78, 5) is 1.33.